The second-order valence-electron chi connectivity index (χ2n) is 7.03. The zero-order valence-electron chi connectivity index (χ0n) is 15.6. The van der Waals surface area contributed by atoms with Crippen LogP contribution in [0.1, 0.15) is 24.0 Å². The van der Waals surface area contributed by atoms with Gasteiger partial charge >= 0.3 is 0 Å². The van der Waals surface area contributed by atoms with E-state index in [2.05, 4.69) is 5.32 Å². The summed E-state index contributed by atoms with van der Waals surface area (Å²) in [6, 6.07) is 10.6. The van der Waals surface area contributed by atoms with Crippen molar-refractivity contribution in [2.75, 3.05) is 13.1 Å². The lowest BCUT2D eigenvalue weighted by atomic mass is 9.99. The van der Waals surface area contributed by atoms with Crippen molar-refractivity contribution < 1.29 is 17.6 Å². The third-order valence-electron chi connectivity index (χ3n) is 4.88. The molecule has 0 spiro atoms. The van der Waals surface area contributed by atoms with Gasteiger partial charge in [-0.15, -0.1) is 0 Å². The summed E-state index contributed by atoms with van der Waals surface area (Å²) in [4.78, 5) is 12.5. The highest BCUT2D eigenvalue weighted by molar-refractivity contribution is 7.88. The quantitative estimate of drug-likeness (QED) is 0.711. The molecular formula is C20H21Cl2FN2O3S. The van der Waals surface area contributed by atoms with Gasteiger partial charge in [-0.25, -0.2) is 17.1 Å². The van der Waals surface area contributed by atoms with Gasteiger partial charge in [0, 0.05) is 29.7 Å². The van der Waals surface area contributed by atoms with E-state index < -0.39 is 15.9 Å². The SMILES string of the molecule is O=C(NCc1ccc(F)cc1)[C@H]1CCCN(S(=O)(=O)Cc2ccc(Cl)cc2Cl)C1. The van der Waals surface area contributed by atoms with Crippen LogP contribution >= 0.6 is 23.2 Å². The molecule has 2 aromatic rings. The summed E-state index contributed by atoms with van der Waals surface area (Å²) < 4.78 is 40.0. The second-order valence-corrected chi connectivity index (χ2v) is 9.85. The van der Waals surface area contributed by atoms with Gasteiger partial charge in [0.05, 0.1) is 11.7 Å². The third kappa shape index (κ3) is 5.92. The molecule has 0 bridgehead atoms. The number of sulfonamides is 1. The number of piperidine rings is 1. The second kappa shape index (κ2) is 9.43. The summed E-state index contributed by atoms with van der Waals surface area (Å²) >= 11 is 12.0. The molecule has 0 unspecified atom stereocenters. The molecule has 0 radical (unpaired) electrons. The van der Waals surface area contributed by atoms with E-state index >= 15 is 0 Å². The topological polar surface area (TPSA) is 66.5 Å². The van der Waals surface area contributed by atoms with Crippen LogP contribution in [0.15, 0.2) is 42.5 Å². The van der Waals surface area contributed by atoms with E-state index in [0.717, 1.165) is 5.56 Å². The maximum atomic E-state index is 13.0. The minimum atomic E-state index is -3.63. The summed E-state index contributed by atoms with van der Waals surface area (Å²) in [5.74, 6) is -1.22. The molecule has 1 aliphatic rings. The lowest BCUT2D eigenvalue weighted by Crippen LogP contribution is -2.45. The van der Waals surface area contributed by atoms with Crippen LogP contribution in [0.2, 0.25) is 10.0 Å². The van der Waals surface area contributed by atoms with E-state index in [1.165, 1.54) is 22.5 Å². The number of nitrogens with one attached hydrogen (secondary N) is 1. The van der Waals surface area contributed by atoms with Crippen LogP contribution < -0.4 is 5.32 Å². The van der Waals surface area contributed by atoms with Crippen LogP contribution in [0.3, 0.4) is 0 Å². The van der Waals surface area contributed by atoms with Gasteiger partial charge in [0.25, 0.3) is 0 Å². The molecule has 29 heavy (non-hydrogen) atoms. The number of hydrogen-bond donors (Lipinski definition) is 1. The van der Waals surface area contributed by atoms with E-state index in [1.807, 2.05) is 0 Å². The summed E-state index contributed by atoms with van der Waals surface area (Å²) in [7, 11) is -3.63. The van der Waals surface area contributed by atoms with Crippen molar-refractivity contribution in [1.29, 1.82) is 0 Å². The van der Waals surface area contributed by atoms with E-state index in [-0.39, 0.29) is 30.6 Å². The Kier molecular flexibility index (Phi) is 7.16. The molecule has 1 aliphatic heterocycles. The Bertz CT molecular complexity index is 984. The van der Waals surface area contributed by atoms with E-state index in [4.69, 9.17) is 23.2 Å². The lowest BCUT2D eigenvalue weighted by molar-refractivity contribution is -0.126. The Morgan fingerprint density at radius 2 is 1.90 bits per heavy atom. The molecule has 3 rings (SSSR count). The van der Waals surface area contributed by atoms with Crippen molar-refractivity contribution in [2.24, 2.45) is 5.92 Å². The Labute approximate surface area is 179 Å². The van der Waals surface area contributed by atoms with Crippen molar-refractivity contribution in [2.45, 2.75) is 25.1 Å². The zero-order valence-corrected chi connectivity index (χ0v) is 17.9. The van der Waals surface area contributed by atoms with Crippen molar-refractivity contribution in [3.05, 3.63) is 69.5 Å². The molecule has 1 fully saturated rings. The van der Waals surface area contributed by atoms with Gasteiger partial charge in [-0.1, -0.05) is 41.4 Å². The number of hydrogen-bond acceptors (Lipinski definition) is 3. The first-order valence-corrected chi connectivity index (χ1v) is 11.5. The van der Waals surface area contributed by atoms with Crippen molar-refractivity contribution in [1.82, 2.24) is 9.62 Å². The minimum absolute atomic E-state index is 0.128. The van der Waals surface area contributed by atoms with Gasteiger partial charge < -0.3 is 5.32 Å². The Morgan fingerprint density at radius 1 is 1.17 bits per heavy atom. The molecular weight excluding hydrogens is 438 g/mol. The fraction of sp³-hybridized carbons (Fsp3) is 0.350. The van der Waals surface area contributed by atoms with Crippen LogP contribution in [0, 0.1) is 11.7 Å². The lowest BCUT2D eigenvalue weighted by Gasteiger charge is -2.31. The first-order chi connectivity index (χ1) is 13.7. The first kappa shape index (κ1) is 22.0. The highest BCUT2D eigenvalue weighted by Gasteiger charge is 2.32. The maximum Gasteiger partial charge on any atom is 0.224 e. The molecule has 2 aromatic carbocycles. The molecule has 0 aliphatic carbocycles. The predicted octanol–water partition coefficient (Wildman–Crippen LogP) is 3.99. The number of rotatable bonds is 6. The van der Waals surface area contributed by atoms with Crippen LogP contribution in [0.25, 0.3) is 0 Å². The van der Waals surface area contributed by atoms with Crippen LogP contribution in [-0.4, -0.2) is 31.7 Å². The minimum Gasteiger partial charge on any atom is -0.352 e. The molecule has 1 saturated heterocycles. The summed E-state index contributed by atoms with van der Waals surface area (Å²) in [6.45, 7) is 0.765. The number of carbonyl (C=O) groups excluding carboxylic acids is 1. The van der Waals surface area contributed by atoms with Crippen LogP contribution in [0.5, 0.6) is 0 Å². The third-order valence-corrected chi connectivity index (χ3v) is 7.26. The van der Waals surface area contributed by atoms with Gasteiger partial charge in [0.15, 0.2) is 0 Å². The van der Waals surface area contributed by atoms with E-state index in [1.54, 1.807) is 24.3 Å². The molecule has 9 heteroatoms. The Balaban J connectivity index is 1.61. The van der Waals surface area contributed by atoms with Gasteiger partial charge in [-0.3, -0.25) is 4.79 Å². The number of halogens is 3. The van der Waals surface area contributed by atoms with Crippen molar-refractivity contribution in [3.8, 4) is 0 Å². The molecule has 0 aromatic heterocycles. The summed E-state index contributed by atoms with van der Waals surface area (Å²) in [5, 5.41) is 3.54. The van der Waals surface area contributed by atoms with Crippen molar-refractivity contribution >= 4 is 39.1 Å². The summed E-state index contributed by atoms with van der Waals surface area (Å²) in [6.07, 6.45) is 1.21. The first-order valence-electron chi connectivity index (χ1n) is 9.18. The molecule has 156 valence electrons. The largest absolute Gasteiger partial charge is 0.352 e. The average molecular weight is 459 g/mol. The van der Waals surface area contributed by atoms with E-state index in [0.29, 0.717) is 35.0 Å². The summed E-state index contributed by atoms with van der Waals surface area (Å²) in [5.41, 5.74) is 1.25. The molecule has 1 heterocycles. The highest BCUT2D eigenvalue weighted by Crippen LogP contribution is 2.26. The molecule has 1 N–H and O–H groups in total. The van der Waals surface area contributed by atoms with Gasteiger partial charge in [-0.05, 0) is 48.2 Å². The zero-order chi connectivity index (χ0) is 21.0. The van der Waals surface area contributed by atoms with Crippen LogP contribution in [-0.2, 0) is 27.1 Å². The van der Waals surface area contributed by atoms with Gasteiger partial charge in [0.2, 0.25) is 15.9 Å². The highest BCUT2D eigenvalue weighted by atomic mass is 35.5. The van der Waals surface area contributed by atoms with Gasteiger partial charge in [-0.2, -0.15) is 0 Å². The van der Waals surface area contributed by atoms with E-state index in [9.17, 15) is 17.6 Å². The molecule has 0 saturated carbocycles. The fourth-order valence-electron chi connectivity index (χ4n) is 3.27. The number of benzene rings is 2. The molecule has 5 nitrogen and oxygen atoms in total. The molecule has 1 amide bonds. The fourth-order valence-corrected chi connectivity index (χ4v) is 5.47. The van der Waals surface area contributed by atoms with Gasteiger partial charge in [0.1, 0.15) is 5.82 Å². The monoisotopic (exact) mass is 458 g/mol. The van der Waals surface area contributed by atoms with Crippen molar-refractivity contribution in [3.63, 3.8) is 0 Å². The Hall–Kier alpha value is -1.67. The number of carbonyl (C=O) groups is 1. The van der Waals surface area contributed by atoms with Crippen LogP contribution in [0.4, 0.5) is 4.39 Å². The Morgan fingerprint density at radius 3 is 2.59 bits per heavy atom. The smallest absolute Gasteiger partial charge is 0.224 e. The number of nitrogens with zero attached hydrogens (tertiary/aromatic N) is 1. The standard InChI is InChI=1S/C20H21Cl2FN2O3S/c21-17-6-5-16(19(22)10-17)13-29(27,28)25-9-1-2-15(12-25)20(26)24-11-14-3-7-18(23)8-4-14/h3-8,10,15H,1-2,9,11-13H2,(H,24,26)/t15-/m0/s1. The normalized spacial score (nSPS) is 17.8. The predicted molar refractivity (Wildman–Crippen MR) is 112 cm³/mol. The number of amides is 1. The maximum absolute atomic E-state index is 13.0. The average Bonchev–Trinajstić information content (AvgIpc) is 2.69. The molecule has 1 atom stereocenters.